The predicted octanol–water partition coefficient (Wildman–Crippen LogP) is 4.12. The molecule has 0 spiro atoms. The van der Waals surface area contributed by atoms with E-state index in [1.54, 1.807) is 24.3 Å². The molecule has 5 rings (SSSR count). The fourth-order valence-corrected chi connectivity index (χ4v) is 8.17. The predicted molar refractivity (Wildman–Crippen MR) is 134 cm³/mol. The van der Waals surface area contributed by atoms with Crippen LogP contribution >= 0.6 is 0 Å². The number of oxime groups is 1. The third-order valence-electron chi connectivity index (χ3n) is 7.36. The van der Waals surface area contributed by atoms with Crippen LogP contribution in [0.15, 0.2) is 51.3 Å². The molecule has 8 nitrogen and oxygen atoms in total. The first-order valence-corrected chi connectivity index (χ1v) is 15.3. The Labute approximate surface area is 206 Å². The molecule has 2 saturated carbocycles. The van der Waals surface area contributed by atoms with E-state index in [9.17, 15) is 22.0 Å². The van der Waals surface area contributed by atoms with Gasteiger partial charge in [-0.25, -0.2) is 26.3 Å². The van der Waals surface area contributed by atoms with Gasteiger partial charge in [0.05, 0.1) is 9.79 Å². The van der Waals surface area contributed by atoms with Crippen LogP contribution in [0.25, 0.3) is 11.1 Å². The van der Waals surface area contributed by atoms with Gasteiger partial charge in [-0.15, -0.1) is 0 Å². The highest BCUT2D eigenvalue weighted by atomic mass is 32.2. The van der Waals surface area contributed by atoms with E-state index in [1.807, 2.05) is 0 Å². The molecular formula is C25H31N3O5S2. The lowest BCUT2D eigenvalue weighted by Gasteiger charge is -2.22. The first-order chi connectivity index (χ1) is 16.8. The van der Waals surface area contributed by atoms with Crippen LogP contribution in [-0.4, -0.2) is 39.8 Å². The van der Waals surface area contributed by atoms with Gasteiger partial charge in [-0.2, -0.15) is 0 Å². The van der Waals surface area contributed by atoms with Crippen molar-refractivity contribution < 1.29 is 22.0 Å². The van der Waals surface area contributed by atoms with E-state index in [0.717, 1.165) is 64.2 Å². The largest absolute Gasteiger partial charge is 0.410 e. The Morgan fingerprint density at radius 3 is 1.40 bits per heavy atom. The number of sulfonamides is 2. The Morgan fingerprint density at radius 1 is 0.629 bits per heavy atom. The second-order valence-electron chi connectivity index (χ2n) is 9.78. The Bertz CT molecular complexity index is 1260. The van der Waals surface area contributed by atoms with Gasteiger partial charge in [-0.1, -0.05) is 55.8 Å². The number of nitrogens with zero attached hydrogens (tertiary/aromatic N) is 1. The van der Waals surface area contributed by atoms with E-state index < -0.39 is 20.0 Å². The summed E-state index contributed by atoms with van der Waals surface area (Å²) in [4.78, 5) is 0.199. The van der Waals surface area contributed by atoms with Crippen LogP contribution in [0.4, 0.5) is 0 Å². The summed E-state index contributed by atoms with van der Waals surface area (Å²) in [5.74, 6) is 0. The summed E-state index contributed by atoms with van der Waals surface area (Å²) < 4.78 is 57.8. The van der Waals surface area contributed by atoms with Crippen molar-refractivity contribution in [3.05, 3.63) is 47.5 Å². The Morgan fingerprint density at radius 2 is 1.03 bits per heavy atom. The highest BCUT2D eigenvalue weighted by molar-refractivity contribution is 7.89. The van der Waals surface area contributed by atoms with Crippen LogP contribution in [0.1, 0.15) is 75.3 Å². The molecule has 188 valence electrons. The van der Waals surface area contributed by atoms with E-state index in [2.05, 4.69) is 14.6 Å². The Balaban J connectivity index is 1.44. The SMILES string of the molecule is O=S(=O)(NC1CCCCC1)c1ccc2c(c1)C(=NO)c1cc(S(=O)(=O)NC3CCCCC3)ccc1-2. The Hall–Kier alpha value is -2.27. The molecule has 0 bridgehead atoms. The lowest BCUT2D eigenvalue weighted by Crippen LogP contribution is -2.36. The first kappa shape index (κ1) is 24.4. The van der Waals surface area contributed by atoms with Crippen LogP contribution < -0.4 is 9.44 Å². The summed E-state index contributed by atoms with van der Waals surface area (Å²) in [6, 6.07) is 9.33. The summed E-state index contributed by atoms with van der Waals surface area (Å²) in [5, 5.41) is 13.3. The van der Waals surface area contributed by atoms with Crippen LogP contribution in [0, 0.1) is 0 Å². The monoisotopic (exact) mass is 517 g/mol. The van der Waals surface area contributed by atoms with E-state index in [-0.39, 0.29) is 27.6 Å². The molecule has 2 aromatic rings. The van der Waals surface area contributed by atoms with Gasteiger partial charge in [0.1, 0.15) is 5.71 Å². The van der Waals surface area contributed by atoms with Crippen LogP contribution in [0.3, 0.4) is 0 Å². The van der Waals surface area contributed by atoms with Crippen molar-refractivity contribution in [1.29, 1.82) is 0 Å². The summed E-state index contributed by atoms with van der Waals surface area (Å²) in [6.45, 7) is 0. The van der Waals surface area contributed by atoms with Crippen molar-refractivity contribution in [2.24, 2.45) is 5.16 Å². The van der Waals surface area contributed by atoms with Crippen molar-refractivity contribution in [1.82, 2.24) is 9.44 Å². The van der Waals surface area contributed by atoms with Crippen molar-refractivity contribution in [2.75, 3.05) is 0 Å². The van der Waals surface area contributed by atoms with E-state index >= 15 is 0 Å². The van der Waals surface area contributed by atoms with Gasteiger partial charge in [0.15, 0.2) is 0 Å². The molecule has 0 aliphatic heterocycles. The van der Waals surface area contributed by atoms with Crippen LogP contribution in [0.2, 0.25) is 0 Å². The average molecular weight is 518 g/mol. The molecule has 0 saturated heterocycles. The minimum absolute atomic E-state index is 0.0744. The molecule has 10 heteroatoms. The standard InChI is InChI=1S/C25H31N3O5S2/c29-26-25-23-15-19(34(30,31)27-17-7-3-1-4-8-17)11-13-21(23)22-14-12-20(16-24(22)25)35(32,33)28-18-9-5-2-6-10-18/h11-18,27-29H,1-10H2. The van der Waals surface area contributed by atoms with Gasteiger partial charge in [0, 0.05) is 23.2 Å². The molecule has 0 heterocycles. The lowest BCUT2D eigenvalue weighted by atomic mass is 9.96. The zero-order valence-corrected chi connectivity index (χ0v) is 21.2. The molecule has 0 atom stereocenters. The van der Waals surface area contributed by atoms with Gasteiger partial charge < -0.3 is 5.21 Å². The summed E-state index contributed by atoms with van der Waals surface area (Å²) in [7, 11) is -7.48. The number of nitrogens with one attached hydrogen (secondary N) is 2. The second-order valence-corrected chi connectivity index (χ2v) is 13.2. The molecule has 3 aliphatic carbocycles. The molecule has 3 N–H and O–H groups in total. The molecular weight excluding hydrogens is 486 g/mol. The maximum Gasteiger partial charge on any atom is 0.240 e. The maximum absolute atomic E-state index is 13.0. The normalized spacial score (nSPS) is 19.4. The van der Waals surface area contributed by atoms with Gasteiger partial charge >= 0.3 is 0 Å². The lowest BCUT2D eigenvalue weighted by molar-refractivity contribution is 0.320. The van der Waals surface area contributed by atoms with Gasteiger partial charge in [0.2, 0.25) is 20.0 Å². The summed E-state index contributed by atoms with van der Waals surface area (Å²) >= 11 is 0. The molecule has 2 aromatic carbocycles. The number of hydrogen-bond acceptors (Lipinski definition) is 6. The number of fused-ring (bicyclic) bond motifs is 3. The number of rotatable bonds is 6. The maximum atomic E-state index is 13.0. The highest BCUT2D eigenvalue weighted by Crippen LogP contribution is 2.39. The van der Waals surface area contributed by atoms with Crippen LogP contribution in [0.5, 0.6) is 0 Å². The molecule has 0 unspecified atom stereocenters. The van der Waals surface area contributed by atoms with Crippen molar-refractivity contribution in [3.8, 4) is 11.1 Å². The van der Waals surface area contributed by atoms with E-state index in [4.69, 9.17) is 0 Å². The summed E-state index contributed by atoms with van der Waals surface area (Å²) in [5.41, 5.74) is 2.49. The molecule has 35 heavy (non-hydrogen) atoms. The average Bonchev–Trinajstić information content (AvgIpc) is 3.17. The van der Waals surface area contributed by atoms with Crippen molar-refractivity contribution in [2.45, 2.75) is 86.1 Å². The summed E-state index contributed by atoms with van der Waals surface area (Å²) in [6.07, 6.45) is 9.58. The third kappa shape index (κ3) is 4.89. The van der Waals surface area contributed by atoms with Gasteiger partial charge in [0.25, 0.3) is 0 Å². The highest BCUT2D eigenvalue weighted by Gasteiger charge is 2.31. The van der Waals surface area contributed by atoms with Crippen LogP contribution in [-0.2, 0) is 20.0 Å². The topological polar surface area (TPSA) is 125 Å². The second kappa shape index (κ2) is 9.65. The van der Waals surface area contributed by atoms with Crippen molar-refractivity contribution in [3.63, 3.8) is 0 Å². The molecule has 0 radical (unpaired) electrons. The number of benzene rings is 2. The fourth-order valence-electron chi connectivity index (χ4n) is 5.51. The minimum atomic E-state index is -3.74. The first-order valence-electron chi connectivity index (χ1n) is 12.3. The Kier molecular flexibility index (Phi) is 6.73. The van der Waals surface area contributed by atoms with Crippen molar-refractivity contribution >= 4 is 25.8 Å². The van der Waals surface area contributed by atoms with E-state index in [0.29, 0.717) is 22.3 Å². The number of hydrogen-bond donors (Lipinski definition) is 3. The molecule has 0 aromatic heterocycles. The zero-order valence-electron chi connectivity index (χ0n) is 19.5. The quantitative estimate of drug-likeness (QED) is 0.335. The minimum Gasteiger partial charge on any atom is -0.410 e. The zero-order chi connectivity index (χ0) is 24.6. The fraction of sp³-hybridized carbons (Fsp3) is 0.480. The molecule has 2 fully saturated rings. The molecule has 3 aliphatic rings. The third-order valence-corrected chi connectivity index (χ3v) is 10.4. The molecule has 0 amide bonds. The smallest absolute Gasteiger partial charge is 0.240 e. The van der Waals surface area contributed by atoms with E-state index in [1.165, 1.54) is 12.1 Å². The van der Waals surface area contributed by atoms with Gasteiger partial charge in [-0.3, -0.25) is 0 Å². The van der Waals surface area contributed by atoms with Gasteiger partial charge in [-0.05, 0) is 61.1 Å².